The fourth-order valence-electron chi connectivity index (χ4n) is 4.11. The van der Waals surface area contributed by atoms with Gasteiger partial charge >= 0.3 is 0 Å². The number of fused-ring (bicyclic) bond motifs is 1. The molecule has 3 aromatic rings. The molecule has 4 heterocycles. The summed E-state index contributed by atoms with van der Waals surface area (Å²) in [5.41, 5.74) is 0.875. The first-order chi connectivity index (χ1) is 15.7. The van der Waals surface area contributed by atoms with E-state index in [4.69, 9.17) is 14.5 Å². The molecule has 2 aliphatic heterocycles. The van der Waals surface area contributed by atoms with Gasteiger partial charge in [-0.2, -0.15) is 4.98 Å². The van der Waals surface area contributed by atoms with Gasteiger partial charge in [0.2, 0.25) is 11.9 Å². The van der Waals surface area contributed by atoms with Gasteiger partial charge in [0.25, 0.3) is 0 Å². The number of benzene rings is 1. The maximum atomic E-state index is 12.9. The Kier molecular flexibility index (Phi) is 5.62. The predicted octanol–water partition coefficient (Wildman–Crippen LogP) is 2.14. The zero-order valence-corrected chi connectivity index (χ0v) is 18.0. The Hall–Kier alpha value is -3.62. The number of ether oxygens (including phenoxy) is 2. The van der Waals surface area contributed by atoms with E-state index in [9.17, 15) is 4.79 Å². The molecule has 2 atom stereocenters. The highest BCUT2D eigenvalue weighted by atomic mass is 16.6. The lowest BCUT2D eigenvalue weighted by Crippen LogP contribution is -2.47. The molecule has 2 aliphatic rings. The van der Waals surface area contributed by atoms with Gasteiger partial charge in [-0.3, -0.25) is 9.36 Å². The molecule has 2 unspecified atom stereocenters. The average molecular weight is 435 g/mol. The highest BCUT2D eigenvalue weighted by Gasteiger charge is 2.28. The van der Waals surface area contributed by atoms with Gasteiger partial charge in [-0.05, 0) is 31.9 Å². The van der Waals surface area contributed by atoms with Crippen molar-refractivity contribution in [3.05, 3.63) is 54.7 Å². The molecule has 166 valence electrons. The highest BCUT2D eigenvalue weighted by molar-refractivity contribution is 5.79. The Bertz CT molecular complexity index is 1090. The van der Waals surface area contributed by atoms with Crippen LogP contribution in [0, 0.1) is 12.8 Å². The lowest BCUT2D eigenvalue weighted by molar-refractivity contribution is -0.125. The molecule has 0 radical (unpaired) electrons. The number of aromatic nitrogens is 4. The highest BCUT2D eigenvalue weighted by Crippen LogP contribution is 2.30. The van der Waals surface area contributed by atoms with Gasteiger partial charge in [0, 0.05) is 37.2 Å². The van der Waals surface area contributed by atoms with Crippen LogP contribution in [0.2, 0.25) is 0 Å². The standard InChI is InChI=1S/C23H26N6O3/c1-16-11-21(27-23(26-16)29-10-8-24-15-29)28-9-4-5-17(13-28)22(30)25-12-18-14-31-19-6-2-3-7-20(19)32-18/h2-3,6-8,10-11,15,17-18H,4-5,9,12-14H2,1H3,(H,25,30). The summed E-state index contributed by atoms with van der Waals surface area (Å²) in [6.07, 6.45) is 6.78. The summed E-state index contributed by atoms with van der Waals surface area (Å²) in [5, 5.41) is 3.05. The first-order valence-electron chi connectivity index (χ1n) is 10.9. The Morgan fingerprint density at radius 2 is 2.12 bits per heavy atom. The van der Waals surface area contributed by atoms with Gasteiger partial charge in [0.1, 0.15) is 24.9 Å². The minimum atomic E-state index is -0.198. The second-order valence-electron chi connectivity index (χ2n) is 8.17. The molecular formula is C23H26N6O3. The van der Waals surface area contributed by atoms with Crippen LogP contribution in [0.25, 0.3) is 5.95 Å². The zero-order valence-electron chi connectivity index (χ0n) is 18.0. The third-order valence-electron chi connectivity index (χ3n) is 5.75. The number of imidazole rings is 1. The van der Waals surface area contributed by atoms with Crippen molar-refractivity contribution in [2.75, 3.05) is 31.1 Å². The van der Waals surface area contributed by atoms with Crippen molar-refractivity contribution >= 4 is 11.7 Å². The molecule has 5 rings (SSSR count). The third kappa shape index (κ3) is 4.37. The van der Waals surface area contributed by atoms with Crippen molar-refractivity contribution in [2.45, 2.75) is 25.9 Å². The molecule has 1 fully saturated rings. The minimum absolute atomic E-state index is 0.0396. The van der Waals surface area contributed by atoms with Crippen LogP contribution in [-0.2, 0) is 4.79 Å². The number of piperidine rings is 1. The quantitative estimate of drug-likeness (QED) is 0.657. The maximum absolute atomic E-state index is 12.9. The molecule has 9 nitrogen and oxygen atoms in total. The number of nitrogens with zero attached hydrogens (tertiary/aromatic N) is 5. The van der Waals surface area contributed by atoms with E-state index in [1.807, 2.05) is 43.5 Å². The first-order valence-corrected chi connectivity index (χ1v) is 10.9. The molecule has 1 N–H and O–H groups in total. The van der Waals surface area contributed by atoms with Crippen LogP contribution < -0.4 is 19.7 Å². The van der Waals surface area contributed by atoms with E-state index >= 15 is 0 Å². The molecule has 0 aliphatic carbocycles. The number of aryl methyl sites for hydroxylation is 1. The number of hydrogen-bond donors (Lipinski definition) is 1. The van der Waals surface area contributed by atoms with Crippen LogP contribution in [0.15, 0.2) is 49.1 Å². The Morgan fingerprint density at radius 1 is 1.25 bits per heavy atom. The van der Waals surface area contributed by atoms with E-state index in [0.717, 1.165) is 42.4 Å². The lowest BCUT2D eigenvalue weighted by Gasteiger charge is -2.33. The summed E-state index contributed by atoms with van der Waals surface area (Å²) in [6.45, 7) is 4.27. The Labute approximate surface area is 186 Å². The SMILES string of the molecule is Cc1cc(N2CCCC(C(=O)NCC3COc4ccccc4O3)C2)nc(-n2ccnc2)n1. The number of rotatable bonds is 5. The van der Waals surface area contributed by atoms with Gasteiger partial charge in [-0.1, -0.05) is 12.1 Å². The topological polar surface area (TPSA) is 94.4 Å². The summed E-state index contributed by atoms with van der Waals surface area (Å²) in [7, 11) is 0. The predicted molar refractivity (Wildman–Crippen MR) is 118 cm³/mol. The Balaban J connectivity index is 1.20. The first kappa shape index (κ1) is 20.3. The summed E-state index contributed by atoms with van der Waals surface area (Å²) in [6, 6.07) is 9.55. The summed E-state index contributed by atoms with van der Waals surface area (Å²) < 4.78 is 13.5. The monoisotopic (exact) mass is 434 g/mol. The van der Waals surface area contributed by atoms with Crippen LogP contribution in [0.5, 0.6) is 11.5 Å². The number of carbonyl (C=O) groups is 1. The van der Waals surface area contributed by atoms with Crippen molar-refractivity contribution in [1.29, 1.82) is 0 Å². The van der Waals surface area contributed by atoms with Crippen LogP contribution in [0.3, 0.4) is 0 Å². The second kappa shape index (κ2) is 8.86. The molecule has 0 bridgehead atoms. The largest absolute Gasteiger partial charge is 0.486 e. The van der Waals surface area contributed by atoms with E-state index in [1.165, 1.54) is 0 Å². The zero-order chi connectivity index (χ0) is 21.9. The molecule has 2 aromatic heterocycles. The van der Waals surface area contributed by atoms with Crippen molar-refractivity contribution in [3.8, 4) is 17.4 Å². The molecule has 9 heteroatoms. The Morgan fingerprint density at radius 3 is 2.97 bits per heavy atom. The third-order valence-corrected chi connectivity index (χ3v) is 5.75. The maximum Gasteiger partial charge on any atom is 0.237 e. The van der Waals surface area contributed by atoms with Crippen LogP contribution >= 0.6 is 0 Å². The lowest BCUT2D eigenvalue weighted by atomic mass is 9.97. The van der Waals surface area contributed by atoms with Crippen LogP contribution in [0.1, 0.15) is 18.5 Å². The number of carbonyl (C=O) groups excluding carboxylic acids is 1. The normalized spacial score (nSPS) is 20.1. The smallest absolute Gasteiger partial charge is 0.237 e. The molecule has 1 saturated heterocycles. The fraction of sp³-hybridized carbons (Fsp3) is 0.391. The van der Waals surface area contributed by atoms with Crippen molar-refractivity contribution in [3.63, 3.8) is 0 Å². The number of para-hydroxylation sites is 2. The van der Waals surface area contributed by atoms with Gasteiger partial charge in [0.05, 0.1) is 12.5 Å². The number of hydrogen-bond acceptors (Lipinski definition) is 7. The summed E-state index contributed by atoms with van der Waals surface area (Å²) >= 11 is 0. The number of anilines is 1. The molecule has 0 saturated carbocycles. The van der Waals surface area contributed by atoms with E-state index in [1.54, 1.807) is 17.1 Å². The van der Waals surface area contributed by atoms with E-state index in [0.29, 0.717) is 25.6 Å². The summed E-state index contributed by atoms with van der Waals surface area (Å²) in [5.74, 6) is 2.81. The molecule has 1 aromatic carbocycles. The van der Waals surface area contributed by atoms with E-state index < -0.39 is 0 Å². The number of nitrogens with one attached hydrogen (secondary N) is 1. The average Bonchev–Trinajstić information content (AvgIpc) is 3.37. The van der Waals surface area contributed by atoms with Gasteiger partial charge in [-0.15, -0.1) is 0 Å². The van der Waals surface area contributed by atoms with Gasteiger partial charge in [-0.25, -0.2) is 9.97 Å². The second-order valence-corrected chi connectivity index (χ2v) is 8.17. The van der Waals surface area contributed by atoms with Gasteiger partial charge in [0.15, 0.2) is 11.5 Å². The molecule has 32 heavy (non-hydrogen) atoms. The fourth-order valence-corrected chi connectivity index (χ4v) is 4.11. The molecular weight excluding hydrogens is 408 g/mol. The molecule has 1 amide bonds. The van der Waals surface area contributed by atoms with Crippen LogP contribution in [0.4, 0.5) is 5.82 Å². The van der Waals surface area contributed by atoms with Crippen LogP contribution in [-0.4, -0.2) is 57.8 Å². The van der Waals surface area contributed by atoms with Crippen molar-refractivity contribution < 1.29 is 14.3 Å². The minimum Gasteiger partial charge on any atom is -0.486 e. The number of amides is 1. The van der Waals surface area contributed by atoms with Crippen molar-refractivity contribution in [2.24, 2.45) is 5.92 Å². The van der Waals surface area contributed by atoms with Gasteiger partial charge < -0.3 is 19.7 Å². The van der Waals surface area contributed by atoms with E-state index in [-0.39, 0.29) is 17.9 Å². The van der Waals surface area contributed by atoms with E-state index in [2.05, 4.69) is 20.2 Å². The summed E-state index contributed by atoms with van der Waals surface area (Å²) in [4.78, 5) is 28.4. The van der Waals surface area contributed by atoms with Crippen molar-refractivity contribution in [1.82, 2.24) is 24.8 Å². The molecule has 0 spiro atoms.